The van der Waals surface area contributed by atoms with E-state index in [1.807, 2.05) is 36.6 Å². The summed E-state index contributed by atoms with van der Waals surface area (Å²) in [5.41, 5.74) is 2.77. The van der Waals surface area contributed by atoms with Crippen LogP contribution in [-0.2, 0) is 22.7 Å². The van der Waals surface area contributed by atoms with Gasteiger partial charge in [-0.25, -0.2) is 4.79 Å². The highest BCUT2D eigenvalue weighted by atomic mass is 32.2. The molecule has 8 nitrogen and oxygen atoms in total. The van der Waals surface area contributed by atoms with E-state index in [0.717, 1.165) is 16.9 Å². The van der Waals surface area contributed by atoms with E-state index in [4.69, 9.17) is 9.47 Å². The van der Waals surface area contributed by atoms with Gasteiger partial charge in [-0.3, -0.25) is 9.36 Å². The first-order valence-corrected chi connectivity index (χ1v) is 11.2. The number of para-hydroxylation sites is 2. The number of carbonyl (C=O) groups excluding carboxylic acids is 2. The first-order valence-electron chi connectivity index (χ1n) is 10.3. The summed E-state index contributed by atoms with van der Waals surface area (Å²) in [5.74, 6) is 0.748. The lowest BCUT2D eigenvalue weighted by molar-refractivity contribution is -0.113. The number of anilines is 1. The minimum atomic E-state index is -0.516. The molecule has 0 atom stereocenters. The number of carbonyl (C=O) groups is 2. The SMILES string of the molecule is C=CCn1c(COc2c(C)cccc2C)nnc1SCC(=O)Nc1ccccc1C(=O)OC. The number of amides is 1. The van der Waals surface area contributed by atoms with Gasteiger partial charge in [0.2, 0.25) is 5.91 Å². The van der Waals surface area contributed by atoms with Crippen LogP contribution in [0.3, 0.4) is 0 Å². The molecule has 0 unspecified atom stereocenters. The van der Waals surface area contributed by atoms with Gasteiger partial charge in [-0.1, -0.05) is 48.2 Å². The molecule has 3 rings (SSSR count). The lowest BCUT2D eigenvalue weighted by Crippen LogP contribution is -2.17. The number of hydrogen-bond donors (Lipinski definition) is 1. The Hall–Kier alpha value is -3.59. The highest BCUT2D eigenvalue weighted by Crippen LogP contribution is 2.24. The number of esters is 1. The first-order chi connectivity index (χ1) is 15.9. The zero-order valence-electron chi connectivity index (χ0n) is 18.8. The number of hydrogen-bond acceptors (Lipinski definition) is 7. The molecule has 1 aromatic heterocycles. The molecule has 0 fully saturated rings. The number of methoxy groups -OCH3 is 1. The van der Waals surface area contributed by atoms with Crippen LogP contribution < -0.4 is 10.1 Å². The number of ether oxygens (including phenoxy) is 2. The summed E-state index contributed by atoms with van der Waals surface area (Å²) >= 11 is 1.24. The van der Waals surface area contributed by atoms with E-state index >= 15 is 0 Å². The number of aromatic nitrogens is 3. The molecular formula is C24H26N4O4S. The summed E-state index contributed by atoms with van der Waals surface area (Å²) in [5, 5.41) is 11.8. The van der Waals surface area contributed by atoms with Crippen molar-refractivity contribution in [2.45, 2.75) is 32.2 Å². The third kappa shape index (κ3) is 6.01. The summed E-state index contributed by atoms with van der Waals surface area (Å²) < 4.78 is 12.6. The predicted molar refractivity (Wildman–Crippen MR) is 128 cm³/mol. The van der Waals surface area contributed by atoms with E-state index in [0.29, 0.717) is 28.8 Å². The second kappa shape index (κ2) is 11.3. The monoisotopic (exact) mass is 466 g/mol. The summed E-state index contributed by atoms with van der Waals surface area (Å²) in [7, 11) is 1.30. The average molecular weight is 467 g/mol. The van der Waals surface area contributed by atoms with Gasteiger partial charge in [-0.15, -0.1) is 16.8 Å². The van der Waals surface area contributed by atoms with E-state index in [9.17, 15) is 9.59 Å². The quantitative estimate of drug-likeness (QED) is 0.272. The van der Waals surface area contributed by atoms with Crippen molar-refractivity contribution in [1.29, 1.82) is 0 Å². The maximum atomic E-state index is 12.5. The molecule has 1 amide bonds. The molecule has 0 saturated heterocycles. The maximum Gasteiger partial charge on any atom is 0.339 e. The van der Waals surface area contributed by atoms with Crippen LogP contribution in [0.15, 0.2) is 60.3 Å². The number of nitrogens with zero attached hydrogens (tertiary/aromatic N) is 3. The Morgan fingerprint density at radius 2 is 1.85 bits per heavy atom. The van der Waals surface area contributed by atoms with Gasteiger partial charge in [0.1, 0.15) is 12.4 Å². The molecule has 3 aromatic rings. The first kappa shape index (κ1) is 24.1. The van der Waals surface area contributed by atoms with Crippen molar-refractivity contribution in [3.63, 3.8) is 0 Å². The lowest BCUT2D eigenvalue weighted by Gasteiger charge is -2.13. The second-order valence-corrected chi connectivity index (χ2v) is 8.12. The van der Waals surface area contributed by atoms with Gasteiger partial charge in [0.15, 0.2) is 11.0 Å². The highest BCUT2D eigenvalue weighted by Gasteiger charge is 2.17. The van der Waals surface area contributed by atoms with Crippen LogP contribution >= 0.6 is 11.8 Å². The van der Waals surface area contributed by atoms with E-state index in [-0.39, 0.29) is 18.3 Å². The van der Waals surface area contributed by atoms with Gasteiger partial charge < -0.3 is 14.8 Å². The van der Waals surface area contributed by atoms with Gasteiger partial charge in [0, 0.05) is 6.54 Å². The van der Waals surface area contributed by atoms with E-state index in [2.05, 4.69) is 22.1 Å². The van der Waals surface area contributed by atoms with Crippen LogP contribution in [0.25, 0.3) is 0 Å². The average Bonchev–Trinajstić information content (AvgIpc) is 3.19. The molecule has 0 saturated carbocycles. The van der Waals surface area contributed by atoms with Gasteiger partial charge >= 0.3 is 5.97 Å². The summed E-state index contributed by atoms with van der Waals surface area (Å²) in [6, 6.07) is 12.7. The van der Waals surface area contributed by atoms with Gasteiger partial charge in [0.05, 0.1) is 24.1 Å². The Kier molecular flexibility index (Phi) is 8.26. The lowest BCUT2D eigenvalue weighted by atomic mass is 10.1. The zero-order valence-corrected chi connectivity index (χ0v) is 19.6. The number of allylic oxidation sites excluding steroid dienone is 1. The molecule has 0 aliphatic carbocycles. The van der Waals surface area contributed by atoms with Crippen molar-refractivity contribution < 1.29 is 19.1 Å². The number of thioether (sulfide) groups is 1. The van der Waals surface area contributed by atoms with E-state index in [1.54, 1.807) is 30.3 Å². The molecule has 0 aliphatic heterocycles. The third-order valence-corrected chi connectivity index (χ3v) is 5.77. The third-order valence-electron chi connectivity index (χ3n) is 4.80. The van der Waals surface area contributed by atoms with Gasteiger partial charge in [-0.05, 0) is 37.1 Å². The van der Waals surface area contributed by atoms with Gasteiger partial charge in [0.25, 0.3) is 0 Å². The molecule has 0 spiro atoms. The zero-order chi connectivity index (χ0) is 23.8. The van der Waals surface area contributed by atoms with E-state index in [1.165, 1.54) is 18.9 Å². The highest BCUT2D eigenvalue weighted by molar-refractivity contribution is 7.99. The van der Waals surface area contributed by atoms with Crippen molar-refractivity contribution in [3.8, 4) is 5.75 Å². The number of nitrogens with one attached hydrogen (secondary N) is 1. The molecule has 33 heavy (non-hydrogen) atoms. The van der Waals surface area contributed by atoms with E-state index < -0.39 is 5.97 Å². The smallest absolute Gasteiger partial charge is 0.339 e. The van der Waals surface area contributed by atoms with Gasteiger partial charge in [-0.2, -0.15) is 0 Å². The Morgan fingerprint density at radius 3 is 2.55 bits per heavy atom. The Labute approximate surface area is 197 Å². The topological polar surface area (TPSA) is 95.3 Å². The Morgan fingerprint density at radius 1 is 1.12 bits per heavy atom. The van der Waals surface area contributed by atoms with Crippen molar-refractivity contribution in [1.82, 2.24) is 14.8 Å². The molecule has 2 aromatic carbocycles. The van der Waals surface area contributed by atoms with Crippen molar-refractivity contribution in [3.05, 3.63) is 77.6 Å². The van der Waals surface area contributed by atoms with Crippen molar-refractivity contribution >= 4 is 29.3 Å². The van der Waals surface area contributed by atoms with Crippen LogP contribution in [0.5, 0.6) is 5.75 Å². The van der Waals surface area contributed by atoms with Crippen LogP contribution in [0.2, 0.25) is 0 Å². The molecule has 0 bridgehead atoms. The predicted octanol–water partition coefficient (Wildman–Crippen LogP) is 4.18. The maximum absolute atomic E-state index is 12.5. The summed E-state index contributed by atoms with van der Waals surface area (Å²) in [6.07, 6.45) is 1.74. The molecule has 0 radical (unpaired) electrons. The minimum absolute atomic E-state index is 0.0859. The van der Waals surface area contributed by atoms with Crippen molar-refractivity contribution in [2.75, 3.05) is 18.2 Å². The Bertz CT molecular complexity index is 1140. The number of aryl methyl sites for hydroxylation is 2. The summed E-state index contributed by atoms with van der Waals surface area (Å²) in [6.45, 7) is 8.51. The van der Waals surface area contributed by atoms with Crippen LogP contribution in [-0.4, -0.2) is 39.5 Å². The molecular weight excluding hydrogens is 440 g/mol. The Balaban J connectivity index is 1.67. The molecule has 1 N–H and O–H groups in total. The summed E-state index contributed by atoms with van der Waals surface area (Å²) in [4.78, 5) is 24.4. The number of rotatable bonds is 10. The molecule has 9 heteroatoms. The fourth-order valence-corrected chi connectivity index (χ4v) is 3.97. The minimum Gasteiger partial charge on any atom is -0.485 e. The van der Waals surface area contributed by atoms with Crippen LogP contribution in [0, 0.1) is 13.8 Å². The normalized spacial score (nSPS) is 10.5. The van der Waals surface area contributed by atoms with Crippen molar-refractivity contribution in [2.24, 2.45) is 0 Å². The molecule has 0 aliphatic rings. The standard InChI is InChI=1S/C24H26N4O4S/c1-5-13-28-20(14-32-22-16(2)9-8-10-17(22)3)26-27-24(28)33-15-21(29)25-19-12-7-6-11-18(19)23(30)31-4/h5-12H,1,13-15H2,2-4H3,(H,25,29). The number of benzene rings is 2. The second-order valence-electron chi connectivity index (χ2n) is 7.18. The largest absolute Gasteiger partial charge is 0.485 e. The molecule has 172 valence electrons. The fourth-order valence-electron chi connectivity index (χ4n) is 3.21. The fraction of sp³-hybridized carbons (Fsp3) is 0.250. The molecule has 1 heterocycles. The van der Waals surface area contributed by atoms with Crippen LogP contribution in [0.1, 0.15) is 27.3 Å². The van der Waals surface area contributed by atoms with Crippen LogP contribution in [0.4, 0.5) is 5.69 Å².